The van der Waals surface area contributed by atoms with Crippen LogP contribution in [0.3, 0.4) is 0 Å². The average Bonchev–Trinajstić information content (AvgIpc) is 2.37. The number of hydrogen-bond donors (Lipinski definition) is 1. The van der Waals surface area contributed by atoms with E-state index in [1.165, 1.54) is 12.3 Å². The fraction of sp³-hybridized carbons (Fsp3) is 0.0769. The van der Waals surface area contributed by atoms with E-state index in [1.807, 2.05) is 0 Å². The Kier molecular flexibility index (Phi) is 4.21. The standard InChI is InChI=1S/C13H9BrF2N2O/c14-9-7-17-4-3-12(9)18-13(19)6-8-1-2-10(15)11(16)5-8/h1-5,7H,6H2,(H,17,18,19). The zero-order chi connectivity index (χ0) is 13.8. The van der Waals surface area contributed by atoms with Crippen LogP contribution in [0.2, 0.25) is 0 Å². The van der Waals surface area contributed by atoms with E-state index in [1.54, 1.807) is 12.3 Å². The minimum Gasteiger partial charge on any atom is -0.325 e. The van der Waals surface area contributed by atoms with Gasteiger partial charge in [-0.25, -0.2) is 8.78 Å². The fourth-order valence-corrected chi connectivity index (χ4v) is 1.86. The molecule has 2 rings (SSSR count). The first-order valence-corrected chi connectivity index (χ1v) is 6.19. The summed E-state index contributed by atoms with van der Waals surface area (Å²) in [6.45, 7) is 0. The number of pyridine rings is 1. The second-order valence-electron chi connectivity index (χ2n) is 3.83. The van der Waals surface area contributed by atoms with Crippen molar-refractivity contribution in [2.75, 3.05) is 5.32 Å². The number of aromatic nitrogens is 1. The SMILES string of the molecule is O=C(Cc1ccc(F)c(F)c1)Nc1ccncc1Br. The molecule has 0 radical (unpaired) electrons. The molecule has 0 spiro atoms. The van der Waals surface area contributed by atoms with Crippen LogP contribution in [0.1, 0.15) is 5.56 Å². The van der Waals surface area contributed by atoms with Gasteiger partial charge in [0.15, 0.2) is 11.6 Å². The van der Waals surface area contributed by atoms with Gasteiger partial charge in [-0.1, -0.05) is 6.07 Å². The molecular formula is C13H9BrF2N2O. The Morgan fingerprint density at radius 1 is 1.26 bits per heavy atom. The molecule has 0 aliphatic heterocycles. The van der Waals surface area contributed by atoms with Crippen LogP contribution in [0.15, 0.2) is 41.1 Å². The number of nitrogens with one attached hydrogen (secondary N) is 1. The first-order chi connectivity index (χ1) is 9.06. The largest absolute Gasteiger partial charge is 0.325 e. The fourth-order valence-electron chi connectivity index (χ4n) is 1.51. The van der Waals surface area contributed by atoms with Gasteiger partial charge in [0.2, 0.25) is 5.91 Å². The second kappa shape index (κ2) is 5.88. The molecule has 6 heteroatoms. The summed E-state index contributed by atoms with van der Waals surface area (Å²) >= 11 is 3.24. The highest BCUT2D eigenvalue weighted by molar-refractivity contribution is 9.10. The number of rotatable bonds is 3. The monoisotopic (exact) mass is 326 g/mol. The number of amides is 1. The summed E-state index contributed by atoms with van der Waals surface area (Å²) in [6, 6.07) is 5.02. The lowest BCUT2D eigenvalue weighted by atomic mass is 10.1. The zero-order valence-corrected chi connectivity index (χ0v) is 11.2. The highest BCUT2D eigenvalue weighted by atomic mass is 79.9. The van der Waals surface area contributed by atoms with Gasteiger partial charge in [-0.2, -0.15) is 0 Å². The van der Waals surface area contributed by atoms with Crippen LogP contribution in [-0.4, -0.2) is 10.9 Å². The first-order valence-electron chi connectivity index (χ1n) is 5.39. The number of benzene rings is 1. The van der Waals surface area contributed by atoms with Crippen molar-refractivity contribution >= 4 is 27.5 Å². The molecule has 0 aliphatic carbocycles. The van der Waals surface area contributed by atoms with Gasteiger partial charge in [-0.3, -0.25) is 9.78 Å². The van der Waals surface area contributed by atoms with Crippen LogP contribution >= 0.6 is 15.9 Å². The Morgan fingerprint density at radius 2 is 2.05 bits per heavy atom. The predicted molar refractivity (Wildman–Crippen MR) is 70.6 cm³/mol. The van der Waals surface area contributed by atoms with Gasteiger partial charge in [-0.05, 0) is 39.7 Å². The first kappa shape index (κ1) is 13.6. The number of carbonyl (C=O) groups is 1. The summed E-state index contributed by atoms with van der Waals surface area (Å²) in [4.78, 5) is 15.6. The molecule has 0 unspecified atom stereocenters. The van der Waals surface area contributed by atoms with Crippen molar-refractivity contribution in [2.45, 2.75) is 6.42 Å². The Bertz CT molecular complexity index is 619. The maximum atomic E-state index is 13.0. The van der Waals surface area contributed by atoms with E-state index in [9.17, 15) is 13.6 Å². The lowest BCUT2D eigenvalue weighted by molar-refractivity contribution is -0.115. The van der Waals surface area contributed by atoms with Crippen molar-refractivity contribution in [1.29, 1.82) is 0 Å². The molecule has 1 amide bonds. The minimum absolute atomic E-state index is 0.0358. The predicted octanol–water partition coefficient (Wildman–Crippen LogP) is 3.30. The Hall–Kier alpha value is -1.82. The maximum absolute atomic E-state index is 13.0. The highest BCUT2D eigenvalue weighted by Gasteiger charge is 2.09. The molecule has 1 heterocycles. The molecule has 0 bridgehead atoms. The zero-order valence-electron chi connectivity index (χ0n) is 9.66. The third-order valence-corrected chi connectivity index (χ3v) is 3.03. The van der Waals surface area contributed by atoms with E-state index in [0.29, 0.717) is 15.7 Å². The van der Waals surface area contributed by atoms with Crippen molar-refractivity contribution < 1.29 is 13.6 Å². The van der Waals surface area contributed by atoms with Crippen LogP contribution in [0.5, 0.6) is 0 Å². The van der Waals surface area contributed by atoms with Gasteiger partial charge in [-0.15, -0.1) is 0 Å². The Balaban J connectivity index is 2.05. The summed E-state index contributed by atoms with van der Waals surface area (Å²) in [5.74, 6) is -2.21. The van der Waals surface area contributed by atoms with E-state index >= 15 is 0 Å². The van der Waals surface area contributed by atoms with Gasteiger partial charge in [0.25, 0.3) is 0 Å². The van der Waals surface area contributed by atoms with Crippen molar-refractivity contribution in [3.63, 3.8) is 0 Å². The molecule has 1 aromatic heterocycles. The van der Waals surface area contributed by atoms with E-state index in [2.05, 4.69) is 26.2 Å². The van der Waals surface area contributed by atoms with E-state index < -0.39 is 11.6 Å². The molecule has 0 aliphatic rings. The molecule has 0 atom stereocenters. The molecule has 0 fully saturated rings. The van der Waals surface area contributed by atoms with Crippen LogP contribution in [0.25, 0.3) is 0 Å². The second-order valence-corrected chi connectivity index (χ2v) is 4.68. The van der Waals surface area contributed by atoms with E-state index in [0.717, 1.165) is 12.1 Å². The third kappa shape index (κ3) is 3.57. The number of carbonyl (C=O) groups excluding carboxylic acids is 1. The Morgan fingerprint density at radius 3 is 2.74 bits per heavy atom. The maximum Gasteiger partial charge on any atom is 0.228 e. The lowest BCUT2D eigenvalue weighted by Gasteiger charge is -2.07. The van der Waals surface area contributed by atoms with E-state index in [-0.39, 0.29) is 12.3 Å². The van der Waals surface area contributed by atoms with Gasteiger partial charge in [0.05, 0.1) is 16.6 Å². The summed E-state index contributed by atoms with van der Waals surface area (Å²) in [5.41, 5.74) is 0.976. The topological polar surface area (TPSA) is 42.0 Å². The molecule has 1 aromatic carbocycles. The van der Waals surface area contributed by atoms with Crippen LogP contribution in [0, 0.1) is 11.6 Å². The highest BCUT2D eigenvalue weighted by Crippen LogP contribution is 2.20. The van der Waals surface area contributed by atoms with Crippen molar-refractivity contribution in [1.82, 2.24) is 4.98 Å². The molecule has 19 heavy (non-hydrogen) atoms. The summed E-state index contributed by atoms with van der Waals surface area (Å²) in [6.07, 6.45) is 3.05. The van der Waals surface area contributed by atoms with Gasteiger partial charge in [0.1, 0.15) is 0 Å². The lowest BCUT2D eigenvalue weighted by Crippen LogP contribution is -2.15. The van der Waals surface area contributed by atoms with Crippen LogP contribution < -0.4 is 5.32 Å². The molecule has 98 valence electrons. The number of nitrogens with zero attached hydrogens (tertiary/aromatic N) is 1. The smallest absolute Gasteiger partial charge is 0.228 e. The Labute approximate surface area is 116 Å². The molecule has 2 aromatic rings. The van der Waals surface area contributed by atoms with Gasteiger partial charge >= 0.3 is 0 Å². The van der Waals surface area contributed by atoms with Crippen molar-refractivity contribution in [3.05, 3.63) is 58.3 Å². The molecular weight excluding hydrogens is 318 g/mol. The van der Waals surface area contributed by atoms with Crippen molar-refractivity contribution in [3.8, 4) is 0 Å². The number of halogens is 3. The summed E-state index contributed by atoms with van der Waals surface area (Å²) in [7, 11) is 0. The van der Waals surface area contributed by atoms with E-state index in [4.69, 9.17) is 0 Å². The third-order valence-electron chi connectivity index (χ3n) is 2.40. The van der Waals surface area contributed by atoms with Crippen LogP contribution in [-0.2, 0) is 11.2 Å². The normalized spacial score (nSPS) is 10.3. The van der Waals surface area contributed by atoms with Gasteiger partial charge in [0, 0.05) is 12.4 Å². The van der Waals surface area contributed by atoms with Crippen LogP contribution in [0.4, 0.5) is 14.5 Å². The minimum atomic E-state index is -0.963. The quantitative estimate of drug-likeness (QED) is 0.940. The van der Waals surface area contributed by atoms with Crippen molar-refractivity contribution in [2.24, 2.45) is 0 Å². The molecule has 3 nitrogen and oxygen atoms in total. The number of anilines is 1. The summed E-state index contributed by atoms with van der Waals surface area (Å²) in [5, 5.41) is 2.65. The van der Waals surface area contributed by atoms with Gasteiger partial charge < -0.3 is 5.32 Å². The molecule has 1 N–H and O–H groups in total. The number of hydrogen-bond acceptors (Lipinski definition) is 2. The molecule has 0 saturated carbocycles. The summed E-state index contributed by atoms with van der Waals surface area (Å²) < 4.78 is 26.4. The average molecular weight is 327 g/mol. The molecule has 0 saturated heterocycles.